The van der Waals surface area contributed by atoms with E-state index in [9.17, 15) is 4.79 Å². The van der Waals surface area contributed by atoms with Crippen molar-refractivity contribution >= 4 is 46.9 Å². The molecule has 19 heavy (non-hydrogen) atoms. The summed E-state index contributed by atoms with van der Waals surface area (Å²) in [7, 11) is 0. The van der Waals surface area contributed by atoms with Crippen LogP contribution in [0.4, 0.5) is 5.95 Å². The molecule has 0 radical (unpaired) electrons. The third-order valence-electron chi connectivity index (χ3n) is 2.64. The summed E-state index contributed by atoms with van der Waals surface area (Å²) in [4.78, 5) is 18.9. The van der Waals surface area contributed by atoms with E-state index in [0.717, 1.165) is 11.9 Å². The Morgan fingerprint density at radius 2 is 2.32 bits per heavy atom. The second kappa shape index (κ2) is 6.75. The van der Waals surface area contributed by atoms with Gasteiger partial charge in [-0.2, -0.15) is 0 Å². The van der Waals surface area contributed by atoms with Crippen LogP contribution < -0.4 is 11.1 Å². The van der Waals surface area contributed by atoms with Crippen molar-refractivity contribution in [1.29, 1.82) is 0 Å². The second-order valence-electron chi connectivity index (χ2n) is 4.11. The minimum Gasteiger partial charge on any atom is -0.324 e. The predicted molar refractivity (Wildman–Crippen MR) is 79.9 cm³/mol. The Hall–Kier alpha value is -1.30. The molecule has 4 N–H and O–H groups in total. The molecule has 0 fully saturated rings. The van der Waals surface area contributed by atoms with Gasteiger partial charge in [0.15, 0.2) is 0 Å². The number of amides is 1. The number of nitrogens with two attached hydrogens (primary N) is 1. The lowest BCUT2D eigenvalue weighted by Gasteiger charge is -2.08. The second-order valence-corrected chi connectivity index (χ2v) is 4.51. The summed E-state index contributed by atoms with van der Waals surface area (Å²) in [6.07, 6.45) is 1.51. The molecule has 104 valence electrons. The number of halogens is 2. The maximum Gasteiger partial charge on any atom is 0.243 e. The van der Waals surface area contributed by atoms with Crippen LogP contribution in [-0.2, 0) is 4.79 Å². The van der Waals surface area contributed by atoms with Crippen molar-refractivity contribution in [1.82, 2.24) is 9.97 Å². The highest BCUT2D eigenvalue weighted by Crippen LogP contribution is 2.22. The minimum atomic E-state index is -0.515. The fourth-order valence-corrected chi connectivity index (χ4v) is 1.92. The molecule has 1 amide bonds. The van der Waals surface area contributed by atoms with Crippen molar-refractivity contribution < 1.29 is 4.79 Å². The quantitative estimate of drug-likeness (QED) is 0.812. The number of hydrogen-bond donors (Lipinski definition) is 3. The lowest BCUT2D eigenvalue weighted by atomic mass is 10.2. The number of para-hydroxylation sites is 1. The first kappa shape index (κ1) is 15.8. The monoisotopic (exact) mass is 302 g/mol. The zero-order valence-electron chi connectivity index (χ0n) is 10.4. The molecule has 0 saturated carbocycles. The summed E-state index contributed by atoms with van der Waals surface area (Å²) in [5.74, 6) is 0.127. The highest BCUT2D eigenvalue weighted by atomic mass is 35.5. The van der Waals surface area contributed by atoms with Gasteiger partial charge in [0.05, 0.1) is 16.6 Å². The minimum absolute atomic E-state index is 0. The smallest absolute Gasteiger partial charge is 0.243 e. The largest absolute Gasteiger partial charge is 0.324 e. The molecule has 0 spiro atoms. The molecular weight excluding hydrogens is 287 g/mol. The maximum atomic E-state index is 11.7. The summed E-state index contributed by atoms with van der Waals surface area (Å²) in [6.45, 7) is 1.98. The van der Waals surface area contributed by atoms with E-state index >= 15 is 0 Å². The number of aromatic amines is 1. The van der Waals surface area contributed by atoms with Crippen molar-refractivity contribution in [2.75, 3.05) is 5.32 Å². The van der Waals surface area contributed by atoms with Gasteiger partial charge >= 0.3 is 0 Å². The van der Waals surface area contributed by atoms with Gasteiger partial charge in [0.2, 0.25) is 11.9 Å². The zero-order valence-corrected chi connectivity index (χ0v) is 12.0. The van der Waals surface area contributed by atoms with E-state index in [4.69, 9.17) is 17.3 Å². The van der Waals surface area contributed by atoms with E-state index in [1.165, 1.54) is 0 Å². The van der Waals surface area contributed by atoms with Crippen molar-refractivity contribution in [2.45, 2.75) is 25.8 Å². The number of benzene rings is 1. The van der Waals surface area contributed by atoms with Gasteiger partial charge in [0.1, 0.15) is 5.52 Å². The molecule has 0 aliphatic rings. The molecule has 1 aromatic carbocycles. The molecule has 0 aliphatic carbocycles. The van der Waals surface area contributed by atoms with E-state index in [1.54, 1.807) is 6.07 Å². The number of imidazole rings is 1. The highest BCUT2D eigenvalue weighted by molar-refractivity contribution is 6.35. The molecule has 2 rings (SSSR count). The Labute approximate surface area is 122 Å². The van der Waals surface area contributed by atoms with Crippen LogP contribution >= 0.6 is 24.0 Å². The number of aromatic nitrogens is 2. The van der Waals surface area contributed by atoms with Gasteiger partial charge in [0, 0.05) is 0 Å². The Morgan fingerprint density at radius 1 is 1.58 bits per heavy atom. The molecule has 0 aliphatic heterocycles. The fraction of sp³-hybridized carbons (Fsp3) is 0.333. The van der Waals surface area contributed by atoms with Crippen LogP contribution in [0.3, 0.4) is 0 Å². The average Bonchev–Trinajstić information content (AvgIpc) is 2.73. The van der Waals surface area contributed by atoms with Crippen LogP contribution in [0.15, 0.2) is 18.2 Å². The van der Waals surface area contributed by atoms with Crippen LogP contribution in [0.25, 0.3) is 11.0 Å². The van der Waals surface area contributed by atoms with E-state index < -0.39 is 6.04 Å². The van der Waals surface area contributed by atoms with Crippen LogP contribution in [0.2, 0.25) is 5.02 Å². The summed E-state index contributed by atoms with van der Waals surface area (Å²) in [6, 6.07) is 4.89. The number of carbonyl (C=O) groups excluding carboxylic acids is 1. The van der Waals surface area contributed by atoms with Crippen molar-refractivity contribution in [3.8, 4) is 0 Å². The Morgan fingerprint density at radius 3 is 2.95 bits per heavy atom. The average molecular weight is 303 g/mol. The summed E-state index contributed by atoms with van der Waals surface area (Å²) in [5, 5.41) is 3.20. The first-order chi connectivity index (χ1) is 8.61. The Kier molecular flexibility index (Phi) is 5.60. The Balaban J connectivity index is 0.00000180. The van der Waals surface area contributed by atoms with Crippen LogP contribution in [0, 0.1) is 0 Å². The van der Waals surface area contributed by atoms with E-state index in [1.807, 2.05) is 19.1 Å². The standard InChI is InChI=1S/C12H15ClN4O.ClH/c1-2-4-8(14)11(18)17-12-15-9-6-3-5-7(13)10(9)16-12;/h3,5-6,8H,2,4,14H2,1H3,(H2,15,16,17,18);1H. The van der Waals surface area contributed by atoms with E-state index in [2.05, 4.69) is 15.3 Å². The lowest BCUT2D eigenvalue weighted by Crippen LogP contribution is -2.35. The molecule has 1 aromatic heterocycles. The SMILES string of the molecule is CCCC(N)C(=O)Nc1nc2c(Cl)cccc2[nH]1.Cl. The van der Waals surface area contributed by atoms with Crippen molar-refractivity contribution in [3.63, 3.8) is 0 Å². The number of nitrogens with one attached hydrogen (secondary N) is 2. The molecule has 5 nitrogen and oxygen atoms in total. The molecule has 0 bridgehead atoms. The van der Waals surface area contributed by atoms with Gasteiger partial charge in [-0.05, 0) is 18.6 Å². The predicted octanol–water partition coefficient (Wildman–Crippen LogP) is 2.70. The summed E-state index contributed by atoms with van der Waals surface area (Å²) in [5.41, 5.74) is 7.14. The molecule has 2 aromatic rings. The first-order valence-electron chi connectivity index (χ1n) is 5.82. The molecule has 1 atom stereocenters. The van der Waals surface area contributed by atoms with Gasteiger partial charge in [0.25, 0.3) is 0 Å². The van der Waals surface area contributed by atoms with Crippen LogP contribution in [-0.4, -0.2) is 21.9 Å². The number of hydrogen-bond acceptors (Lipinski definition) is 3. The number of H-pyrrole nitrogens is 1. The zero-order chi connectivity index (χ0) is 13.1. The van der Waals surface area contributed by atoms with E-state index in [0.29, 0.717) is 22.9 Å². The van der Waals surface area contributed by atoms with Gasteiger partial charge in [-0.3, -0.25) is 10.1 Å². The van der Waals surface area contributed by atoms with E-state index in [-0.39, 0.29) is 18.3 Å². The fourth-order valence-electron chi connectivity index (χ4n) is 1.71. The molecule has 0 saturated heterocycles. The van der Waals surface area contributed by atoms with Crippen LogP contribution in [0.5, 0.6) is 0 Å². The van der Waals surface area contributed by atoms with Crippen molar-refractivity contribution in [2.24, 2.45) is 5.73 Å². The third kappa shape index (κ3) is 3.59. The number of carbonyl (C=O) groups is 1. The van der Waals surface area contributed by atoms with Gasteiger partial charge in [-0.15, -0.1) is 12.4 Å². The van der Waals surface area contributed by atoms with Crippen molar-refractivity contribution in [3.05, 3.63) is 23.2 Å². The topological polar surface area (TPSA) is 83.8 Å². The molecule has 1 heterocycles. The molecule has 7 heteroatoms. The highest BCUT2D eigenvalue weighted by Gasteiger charge is 2.14. The summed E-state index contributed by atoms with van der Waals surface area (Å²) < 4.78 is 0. The normalized spacial score (nSPS) is 11.9. The number of rotatable bonds is 4. The number of anilines is 1. The van der Waals surface area contributed by atoms with Crippen LogP contribution in [0.1, 0.15) is 19.8 Å². The third-order valence-corrected chi connectivity index (χ3v) is 2.95. The lowest BCUT2D eigenvalue weighted by molar-refractivity contribution is -0.117. The number of nitrogens with zero attached hydrogens (tertiary/aromatic N) is 1. The number of fused-ring (bicyclic) bond motifs is 1. The summed E-state index contributed by atoms with van der Waals surface area (Å²) >= 11 is 6.00. The Bertz CT molecular complexity index is 570. The molecule has 1 unspecified atom stereocenters. The van der Waals surface area contributed by atoms with Gasteiger partial charge in [-0.25, -0.2) is 4.98 Å². The molecular formula is C12H16Cl2N4O. The first-order valence-corrected chi connectivity index (χ1v) is 6.20. The van der Waals surface area contributed by atoms with Gasteiger partial charge < -0.3 is 10.7 Å². The maximum absolute atomic E-state index is 11.7. The van der Waals surface area contributed by atoms with Gasteiger partial charge in [-0.1, -0.05) is 31.0 Å².